The third-order valence-electron chi connectivity index (χ3n) is 3.13. The lowest BCUT2D eigenvalue weighted by atomic mass is 10.2. The van der Waals surface area contributed by atoms with Crippen LogP contribution in [0.25, 0.3) is 0 Å². The van der Waals surface area contributed by atoms with Gasteiger partial charge < -0.3 is 20.1 Å². The number of carbonyl (C=O) groups is 1. The highest BCUT2D eigenvalue weighted by atomic mass is 19.4. The lowest BCUT2D eigenvalue weighted by Crippen LogP contribution is -2.44. The molecule has 0 aliphatic carbocycles. The first kappa shape index (κ1) is 17.5. The van der Waals surface area contributed by atoms with Crippen LogP contribution in [0.3, 0.4) is 0 Å². The van der Waals surface area contributed by atoms with Gasteiger partial charge >= 0.3 is 6.18 Å². The maximum Gasteiger partial charge on any atom is 0.422 e. The number of carbonyl (C=O) groups excluding carboxylic acids is 1. The van der Waals surface area contributed by atoms with E-state index in [-0.39, 0.29) is 30.8 Å². The van der Waals surface area contributed by atoms with Crippen LogP contribution in [-0.2, 0) is 16.1 Å². The van der Waals surface area contributed by atoms with E-state index in [1.54, 1.807) is 12.1 Å². The van der Waals surface area contributed by atoms with Crippen LogP contribution in [-0.4, -0.2) is 49.5 Å². The molecule has 2 N–H and O–H groups in total. The Morgan fingerprint density at radius 1 is 1.52 bits per heavy atom. The van der Waals surface area contributed by atoms with Crippen molar-refractivity contribution in [1.29, 1.82) is 0 Å². The molecule has 9 heteroatoms. The average molecular weight is 333 g/mol. The zero-order valence-electron chi connectivity index (χ0n) is 12.4. The highest BCUT2D eigenvalue weighted by Gasteiger charge is 2.29. The second-order valence-corrected chi connectivity index (χ2v) is 5.08. The number of nitrogens with one attached hydrogen (secondary N) is 2. The van der Waals surface area contributed by atoms with Gasteiger partial charge in [-0.05, 0) is 6.07 Å². The van der Waals surface area contributed by atoms with Gasteiger partial charge in [-0.15, -0.1) is 0 Å². The Balaban J connectivity index is 1.83. The Bertz CT molecular complexity index is 519. The monoisotopic (exact) mass is 333 g/mol. The van der Waals surface area contributed by atoms with Gasteiger partial charge in [0.1, 0.15) is 0 Å². The molecule has 0 bridgehead atoms. The van der Waals surface area contributed by atoms with Gasteiger partial charge in [0.25, 0.3) is 0 Å². The standard InChI is InChI=1S/C14H18F3N3O3/c15-14(16,17)9-23-13-10(2-1-3-19-13)7-20-12(21)6-11-8-22-5-4-18-11/h1-3,11,18H,4-9H2,(H,20,21). The molecule has 1 aromatic heterocycles. The van der Waals surface area contributed by atoms with Crippen molar-refractivity contribution >= 4 is 5.91 Å². The maximum absolute atomic E-state index is 12.2. The molecule has 2 rings (SSSR count). The predicted molar refractivity (Wildman–Crippen MR) is 74.9 cm³/mol. The minimum absolute atomic E-state index is 0.0490. The molecular formula is C14H18F3N3O3. The molecule has 1 aliphatic heterocycles. The first-order chi connectivity index (χ1) is 10.9. The summed E-state index contributed by atoms with van der Waals surface area (Å²) in [6.07, 6.45) is -2.87. The molecule has 0 saturated carbocycles. The second-order valence-electron chi connectivity index (χ2n) is 5.08. The van der Waals surface area contributed by atoms with Gasteiger partial charge in [-0.1, -0.05) is 6.07 Å². The van der Waals surface area contributed by atoms with Crippen LogP contribution in [0.2, 0.25) is 0 Å². The van der Waals surface area contributed by atoms with Crippen molar-refractivity contribution in [3.8, 4) is 5.88 Å². The van der Waals surface area contributed by atoms with Gasteiger partial charge in [0.2, 0.25) is 11.8 Å². The number of aromatic nitrogens is 1. The normalized spacial score (nSPS) is 18.5. The van der Waals surface area contributed by atoms with Crippen LogP contribution < -0.4 is 15.4 Å². The van der Waals surface area contributed by atoms with Crippen molar-refractivity contribution in [2.24, 2.45) is 0 Å². The van der Waals surface area contributed by atoms with Gasteiger partial charge in [0.05, 0.1) is 13.2 Å². The molecule has 1 unspecified atom stereocenters. The lowest BCUT2D eigenvalue weighted by Gasteiger charge is -2.23. The Morgan fingerprint density at radius 2 is 2.35 bits per heavy atom. The molecule has 0 spiro atoms. The third kappa shape index (κ3) is 6.41. The van der Waals surface area contributed by atoms with E-state index in [0.29, 0.717) is 25.3 Å². The topological polar surface area (TPSA) is 72.5 Å². The van der Waals surface area contributed by atoms with Crippen molar-refractivity contribution in [3.63, 3.8) is 0 Å². The lowest BCUT2D eigenvalue weighted by molar-refractivity contribution is -0.154. The number of hydrogen-bond donors (Lipinski definition) is 2. The number of ether oxygens (including phenoxy) is 2. The first-order valence-corrected chi connectivity index (χ1v) is 7.15. The van der Waals surface area contributed by atoms with E-state index in [0.717, 1.165) is 0 Å². The molecule has 0 radical (unpaired) electrons. The summed E-state index contributed by atoms with van der Waals surface area (Å²) >= 11 is 0. The fraction of sp³-hybridized carbons (Fsp3) is 0.571. The smallest absolute Gasteiger partial charge is 0.422 e. The van der Waals surface area contributed by atoms with E-state index >= 15 is 0 Å². The molecule has 1 saturated heterocycles. The van der Waals surface area contributed by atoms with E-state index in [1.807, 2.05) is 0 Å². The van der Waals surface area contributed by atoms with Crippen molar-refractivity contribution in [2.75, 3.05) is 26.4 Å². The Kier molecular flexibility index (Phi) is 6.17. The Hall–Kier alpha value is -1.87. The Labute approximate surface area is 131 Å². The number of pyridine rings is 1. The average Bonchev–Trinajstić information content (AvgIpc) is 2.52. The number of hydrogen-bond acceptors (Lipinski definition) is 5. The largest absolute Gasteiger partial charge is 0.468 e. The van der Waals surface area contributed by atoms with Gasteiger partial charge in [0.15, 0.2) is 6.61 Å². The summed E-state index contributed by atoms with van der Waals surface area (Å²) in [5, 5.41) is 5.80. The van der Waals surface area contributed by atoms with E-state index in [1.165, 1.54) is 6.20 Å². The number of nitrogens with zero attached hydrogens (tertiary/aromatic N) is 1. The van der Waals surface area contributed by atoms with E-state index in [4.69, 9.17) is 4.74 Å². The molecule has 0 aromatic carbocycles. The summed E-state index contributed by atoms with van der Waals surface area (Å²) < 4.78 is 46.5. The first-order valence-electron chi connectivity index (χ1n) is 7.15. The number of rotatable bonds is 6. The molecule has 1 fully saturated rings. The van der Waals surface area contributed by atoms with Gasteiger partial charge in [-0.25, -0.2) is 4.98 Å². The van der Waals surface area contributed by atoms with Gasteiger partial charge in [-0.2, -0.15) is 13.2 Å². The van der Waals surface area contributed by atoms with E-state index in [9.17, 15) is 18.0 Å². The van der Waals surface area contributed by atoms with Gasteiger partial charge in [0, 0.05) is 37.3 Å². The molecular weight excluding hydrogens is 315 g/mol. The minimum Gasteiger partial charge on any atom is -0.468 e. The fourth-order valence-corrected chi connectivity index (χ4v) is 2.08. The molecule has 128 valence electrons. The SMILES string of the molecule is O=C(CC1COCCN1)NCc1cccnc1OCC(F)(F)F. The zero-order valence-corrected chi connectivity index (χ0v) is 12.4. The molecule has 2 heterocycles. The molecule has 1 amide bonds. The highest BCUT2D eigenvalue weighted by Crippen LogP contribution is 2.19. The molecule has 1 aromatic rings. The quantitative estimate of drug-likeness (QED) is 0.813. The summed E-state index contributed by atoms with van der Waals surface area (Å²) in [4.78, 5) is 15.6. The van der Waals surface area contributed by atoms with Gasteiger partial charge in [-0.3, -0.25) is 4.79 Å². The predicted octanol–water partition coefficient (Wildman–Crippen LogP) is 1.02. The number of morpholine rings is 1. The minimum atomic E-state index is -4.44. The van der Waals surface area contributed by atoms with Crippen molar-refractivity contribution < 1.29 is 27.4 Å². The summed E-state index contributed by atoms with van der Waals surface area (Å²) in [7, 11) is 0. The zero-order chi connectivity index (χ0) is 16.7. The summed E-state index contributed by atoms with van der Waals surface area (Å²) in [5.74, 6) is -0.358. The second kappa shape index (κ2) is 8.11. The molecule has 6 nitrogen and oxygen atoms in total. The van der Waals surface area contributed by atoms with E-state index in [2.05, 4.69) is 20.4 Å². The third-order valence-corrected chi connectivity index (χ3v) is 3.13. The van der Waals surface area contributed by atoms with Crippen LogP contribution in [0.15, 0.2) is 18.3 Å². The molecule has 1 atom stereocenters. The van der Waals surface area contributed by atoms with Crippen LogP contribution in [0, 0.1) is 0 Å². The number of alkyl halides is 3. The molecule has 23 heavy (non-hydrogen) atoms. The Morgan fingerprint density at radius 3 is 3.04 bits per heavy atom. The van der Waals surface area contributed by atoms with Crippen molar-refractivity contribution in [3.05, 3.63) is 23.9 Å². The molecule has 1 aliphatic rings. The van der Waals surface area contributed by atoms with Crippen molar-refractivity contribution in [1.82, 2.24) is 15.6 Å². The fourth-order valence-electron chi connectivity index (χ4n) is 2.08. The number of halogens is 3. The van der Waals surface area contributed by atoms with Crippen molar-refractivity contribution in [2.45, 2.75) is 25.2 Å². The number of amides is 1. The van der Waals surface area contributed by atoms with Crippen LogP contribution >= 0.6 is 0 Å². The summed E-state index contributed by atoms with van der Waals surface area (Å²) in [6.45, 7) is 0.395. The van der Waals surface area contributed by atoms with Crippen LogP contribution in [0.4, 0.5) is 13.2 Å². The highest BCUT2D eigenvalue weighted by molar-refractivity contribution is 5.76. The van der Waals surface area contributed by atoms with Crippen LogP contribution in [0.5, 0.6) is 5.88 Å². The summed E-state index contributed by atoms with van der Waals surface area (Å²) in [6, 6.07) is 3.07. The maximum atomic E-state index is 12.2. The summed E-state index contributed by atoms with van der Waals surface area (Å²) in [5.41, 5.74) is 0.387. The van der Waals surface area contributed by atoms with Crippen LogP contribution in [0.1, 0.15) is 12.0 Å². The van der Waals surface area contributed by atoms with E-state index < -0.39 is 12.8 Å².